The van der Waals surface area contributed by atoms with Gasteiger partial charge in [0, 0.05) is 10.7 Å². The van der Waals surface area contributed by atoms with Gasteiger partial charge < -0.3 is 9.29 Å². The third kappa shape index (κ3) is 4.11. The van der Waals surface area contributed by atoms with Gasteiger partial charge in [0.25, 0.3) is 0 Å². The highest BCUT2D eigenvalue weighted by Gasteiger charge is 2.26. The molecular formula is C21H14I3O5S-. The monoisotopic (exact) mass is 759 g/mol. The molecule has 3 aromatic rings. The van der Waals surface area contributed by atoms with Gasteiger partial charge in [0.1, 0.15) is 15.9 Å². The molecule has 0 atom stereocenters. The van der Waals surface area contributed by atoms with Gasteiger partial charge in [-0.25, -0.2) is 13.2 Å². The minimum Gasteiger partial charge on any atom is -0.744 e. The molecule has 1 aliphatic carbocycles. The Bertz CT molecular complexity index is 1300. The minimum absolute atomic E-state index is 0.207. The molecule has 9 heteroatoms. The smallest absolute Gasteiger partial charge is 0.345 e. The van der Waals surface area contributed by atoms with Crippen LogP contribution in [0.3, 0.4) is 0 Å². The highest BCUT2D eigenvalue weighted by Crippen LogP contribution is 2.37. The molecule has 5 nitrogen and oxygen atoms in total. The fraction of sp³-hybridized carbons (Fsp3) is 0.190. The average Bonchev–Trinajstić information content (AvgIpc) is 2.71. The van der Waals surface area contributed by atoms with E-state index >= 15 is 0 Å². The average molecular weight is 759 g/mol. The van der Waals surface area contributed by atoms with Gasteiger partial charge in [-0.05, 0) is 127 Å². The summed E-state index contributed by atoms with van der Waals surface area (Å²) >= 11 is 6.57. The molecule has 0 unspecified atom stereocenters. The first-order valence-corrected chi connectivity index (χ1v) is 13.7. The van der Waals surface area contributed by atoms with Crippen molar-refractivity contribution < 1.29 is 22.5 Å². The lowest BCUT2D eigenvalue weighted by molar-refractivity contribution is 0.0730. The summed E-state index contributed by atoms with van der Waals surface area (Å²) in [5.74, 6) is -0.158. The summed E-state index contributed by atoms with van der Waals surface area (Å²) in [6.07, 6.45) is 2.71. The van der Waals surface area contributed by atoms with Gasteiger partial charge in [0.2, 0.25) is 0 Å². The van der Waals surface area contributed by atoms with Crippen LogP contribution in [0.15, 0.2) is 41.3 Å². The van der Waals surface area contributed by atoms with Crippen molar-refractivity contribution in [2.75, 3.05) is 0 Å². The molecule has 0 radical (unpaired) electrons. The Hall–Kier alpha value is -0.510. The van der Waals surface area contributed by atoms with Crippen LogP contribution >= 0.6 is 67.8 Å². The number of carbonyl (C=O) groups is 1. The van der Waals surface area contributed by atoms with E-state index in [0.717, 1.165) is 34.3 Å². The topological polar surface area (TPSA) is 83.5 Å². The SMILES string of the molecule is O=C(Oc1ccc(S(=O)(=O)[O-])c2c1CCCC2)c1c(I)c(I)c2ccccc2c1I. The maximum absolute atomic E-state index is 13.2. The van der Waals surface area contributed by atoms with Gasteiger partial charge in [-0.15, -0.1) is 0 Å². The highest BCUT2D eigenvalue weighted by molar-refractivity contribution is 14.1. The van der Waals surface area contributed by atoms with Crippen LogP contribution in [0.1, 0.15) is 34.3 Å². The van der Waals surface area contributed by atoms with Crippen molar-refractivity contribution in [2.24, 2.45) is 0 Å². The van der Waals surface area contributed by atoms with Gasteiger partial charge in [-0.1, -0.05) is 24.3 Å². The Morgan fingerprint density at radius 3 is 2.10 bits per heavy atom. The number of fused-ring (bicyclic) bond motifs is 2. The van der Waals surface area contributed by atoms with Crippen LogP contribution < -0.4 is 4.74 Å². The first-order valence-electron chi connectivity index (χ1n) is 9.08. The maximum Gasteiger partial charge on any atom is 0.345 e. The lowest BCUT2D eigenvalue weighted by Gasteiger charge is -2.23. The quantitative estimate of drug-likeness (QED) is 0.113. The second-order valence-corrected chi connectivity index (χ2v) is 11.5. The van der Waals surface area contributed by atoms with Crippen molar-refractivity contribution >= 4 is 94.6 Å². The Kier molecular flexibility index (Phi) is 6.64. The van der Waals surface area contributed by atoms with E-state index in [1.54, 1.807) is 0 Å². The Morgan fingerprint density at radius 2 is 1.47 bits per heavy atom. The zero-order valence-corrected chi connectivity index (χ0v) is 22.7. The molecule has 4 rings (SSSR count). The molecule has 1 aliphatic rings. The van der Waals surface area contributed by atoms with Crippen molar-refractivity contribution in [3.8, 4) is 5.75 Å². The van der Waals surface area contributed by atoms with Crippen molar-refractivity contribution in [2.45, 2.75) is 30.6 Å². The van der Waals surface area contributed by atoms with E-state index in [1.807, 2.05) is 24.3 Å². The summed E-state index contributed by atoms with van der Waals surface area (Å²) in [5.41, 5.74) is 1.62. The van der Waals surface area contributed by atoms with Crippen LogP contribution in [-0.2, 0) is 23.0 Å². The fourth-order valence-corrected chi connectivity index (χ4v) is 7.55. The van der Waals surface area contributed by atoms with Crippen molar-refractivity contribution in [3.63, 3.8) is 0 Å². The largest absolute Gasteiger partial charge is 0.744 e. The molecule has 0 N–H and O–H groups in total. The van der Waals surface area contributed by atoms with Crippen LogP contribution in [0.4, 0.5) is 0 Å². The lowest BCUT2D eigenvalue weighted by Crippen LogP contribution is -2.17. The second-order valence-electron chi connectivity index (χ2n) is 6.93. The van der Waals surface area contributed by atoms with Gasteiger partial charge in [0.15, 0.2) is 0 Å². The number of ether oxygens (including phenoxy) is 1. The van der Waals surface area contributed by atoms with Gasteiger partial charge in [0.05, 0.1) is 10.5 Å². The summed E-state index contributed by atoms with van der Waals surface area (Å²) in [5, 5.41) is 2.05. The zero-order chi connectivity index (χ0) is 21.6. The molecule has 0 aliphatic heterocycles. The van der Waals surface area contributed by atoms with E-state index in [4.69, 9.17) is 4.74 Å². The van der Waals surface area contributed by atoms with Crippen LogP contribution in [0, 0.1) is 10.7 Å². The van der Waals surface area contributed by atoms with E-state index in [2.05, 4.69) is 67.8 Å². The summed E-state index contributed by atoms with van der Waals surface area (Å²) in [6, 6.07) is 10.6. The number of carbonyl (C=O) groups excluding carboxylic acids is 1. The molecule has 0 amide bonds. The molecular weight excluding hydrogens is 745 g/mol. The number of halogens is 3. The van der Waals surface area contributed by atoms with E-state index in [-0.39, 0.29) is 4.90 Å². The van der Waals surface area contributed by atoms with Gasteiger partial charge in [-0.2, -0.15) is 0 Å². The zero-order valence-electron chi connectivity index (χ0n) is 15.4. The Labute approximate surface area is 215 Å². The fourth-order valence-electron chi connectivity index (χ4n) is 3.79. The predicted octanol–water partition coefficient (Wildman–Crippen LogP) is 5.66. The van der Waals surface area contributed by atoms with Crippen LogP contribution in [0.5, 0.6) is 5.75 Å². The summed E-state index contributed by atoms with van der Waals surface area (Å²) in [6.45, 7) is 0. The second kappa shape index (κ2) is 8.79. The minimum atomic E-state index is -4.58. The molecule has 30 heavy (non-hydrogen) atoms. The summed E-state index contributed by atoms with van der Waals surface area (Å²) < 4.78 is 43.3. The molecule has 3 aromatic carbocycles. The van der Waals surface area contributed by atoms with E-state index in [0.29, 0.717) is 35.3 Å². The molecule has 0 heterocycles. The van der Waals surface area contributed by atoms with Gasteiger partial charge >= 0.3 is 5.97 Å². The standard InChI is InChI=1S/C21H15I3O5S/c22-18-13-7-3-4-8-14(13)19(23)20(24)17(18)21(25)29-15-9-10-16(30(26,27)28)12-6-2-1-5-11(12)15/h3-4,7-10H,1-2,5-6H2,(H,26,27,28)/p-1. The van der Waals surface area contributed by atoms with Crippen LogP contribution in [0.2, 0.25) is 0 Å². The van der Waals surface area contributed by atoms with Gasteiger partial charge in [-0.3, -0.25) is 0 Å². The number of hydrogen-bond donors (Lipinski definition) is 0. The molecule has 0 saturated carbocycles. The lowest BCUT2D eigenvalue weighted by atomic mass is 9.91. The highest BCUT2D eigenvalue weighted by atomic mass is 127. The van der Waals surface area contributed by atoms with Crippen LogP contribution in [0.25, 0.3) is 10.8 Å². The summed E-state index contributed by atoms with van der Waals surface area (Å²) in [4.78, 5) is 13.0. The first kappa shape index (κ1) is 22.7. The Morgan fingerprint density at radius 1 is 0.867 bits per heavy atom. The van der Waals surface area contributed by atoms with E-state index in [1.165, 1.54) is 12.1 Å². The maximum atomic E-state index is 13.2. The number of benzene rings is 3. The number of rotatable bonds is 3. The Balaban J connectivity index is 1.81. The molecule has 0 saturated heterocycles. The third-order valence-electron chi connectivity index (χ3n) is 5.16. The predicted molar refractivity (Wildman–Crippen MR) is 138 cm³/mol. The molecule has 156 valence electrons. The van der Waals surface area contributed by atoms with E-state index < -0.39 is 16.1 Å². The normalized spacial score (nSPS) is 13.9. The first-order chi connectivity index (χ1) is 14.2. The van der Waals surface area contributed by atoms with E-state index in [9.17, 15) is 17.8 Å². The number of esters is 1. The van der Waals surface area contributed by atoms with Crippen LogP contribution in [-0.4, -0.2) is 18.9 Å². The third-order valence-corrected chi connectivity index (χ3v) is 10.4. The van der Waals surface area contributed by atoms with Crippen molar-refractivity contribution in [3.05, 3.63) is 63.8 Å². The van der Waals surface area contributed by atoms with Crippen molar-refractivity contribution in [1.29, 1.82) is 0 Å². The molecule has 0 fully saturated rings. The molecule has 0 bridgehead atoms. The molecule has 0 aromatic heterocycles. The molecule has 0 spiro atoms. The summed E-state index contributed by atoms with van der Waals surface area (Å²) in [7, 11) is -4.58. The number of hydrogen-bond acceptors (Lipinski definition) is 5. The van der Waals surface area contributed by atoms with Crippen molar-refractivity contribution in [1.82, 2.24) is 0 Å².